The number of hydrogen-bond donors (Lipinski definition) is 2. The van der Waals surface area contributed by atoms with Gasteiger partial charge in [-0.1, -0.05) is 19.1 Å². The van der Waals surface area contributed by atoms with Crippen LogP contribution in [0.3, 0.4) is 0 Å². The van der Waals surface area contributed by atoms with Crippen molar-refractivity contribution in [3.63, 3.8) is 0 Å². The van der Waals surface area contributed by atoms with Crippen LogP contribution in [0, 0.1) is 0 Å². The zero-order valence-electron chi connectivity index (χ0n) is 15.1. The van der Waals surface area contributed by atoms with Gasteiger partial charge in [-0.05, 0) is 42.3 Å². The van der Waals surface area contributed by atoms with Crippen molar-refractivity contribution in [2.45, 2.75) is 13.3 Å². The van der Waals surface area contributed by atoms with Crippen molar-refractivity contribution in [2.24, 2.45) is 0 Å². The highest BCUT2D eigenvalue weighted by Gasteiger charge is 2.07. The highest BCUT2D eigenvalue weighted by Crippen LogP contribution is 2.31. The third-order valence-corrected chi connectivity index (χ3v) is 3.95. The van der Waals surface area contributed by atoms with Gasteiger partial charge >= 0.3 is 0 Å². The molecule has 0 saturated heterocycles. The SMILES string of the molecule is CCc1ccc(Nc2nccc(Nc3ccc(OC)cc3OC)n2)cc1. The molecule has 0 aliphatic heterocycles. The van der Waals surface area contributed by atoms with Gasteiger partial charge in [-0.3, -0.25) is 0 Å². The molecule has 0 amide bonds. The summed E-state index contributed by atoms with van der Waals surface area (Å²) in [5.74, 6) is 2.59. The lowest BCUT2D eigenvalue weighted by molar-refractivity contribution is 0.395. The number of nitrogens with one attached hydrogen (secondary N) is 2. The van der Waals surface area contributed by atoms with E-state index in [0.29, 0.717) is 17.5 Å². The predicted octanol–water partition coefficient (Wildman–Crippen LogP) is 4.54. The molecule has 3 aromatic rings. The minimum absolute atomic E-state index is 0.520. The largest absolute Gasteiger partial charge is 0.497 e. The van der Waals surface area contributed by atoms with Crippen LogP contribution in [-0.4, -0.2) is 24.2 Å². The molecule has 0 aliphatic carbocycles. The van der Waals surface area contributed by atoms with Crippen LogP contribution in [0.4, 0.5) is 23.1 Å². The van der Waals surface area contributed by atoms with E-state index in [-0.39, 0.29) is 0 Å². The van der Waals surface area contributed by atoms with Crippen LogP contribution in [0.1, 0.15) is 12.5 Å². The predicted molar refractivity (Wildman–Crippen MR) is 104 cm³/mol. The lowest BCUT2D eigenvalue weighted by Gasteiger charge is -2.12. The Kier molecular flexibility index (Phi) is 5.53. The van der Waals surface area contributed by atoms with Gasteiger partial charge in [0.05, 0.1) is 19.9 Å². The summed E-state index contributed by atoms with van der Waals surface area (Å²) in [6.07, 6.45) is 2.72. The van der Waals surface area contributed by atoms with Crippen molar-refractivity contribution in [3.05, 3.63) is 60.3 Å². The molecule has 0 aliphatic rings. The first kappa shape index (κ1) is 17.5. The van der Waals surface area contributed by atoms with Crippen LogP contribution in [0.2, 0.25) is 0 Å². The van der Waals surface area contributed by atoms with E-state index in [1.165, 1.54) is 5.56 Å². The summed E-state index contributed by atoms with van der Waals surface area (Å²) in [5.41, 5.74) is 3.03. The standard InChI is InChI=1S/C20H22N4O2/c1-4-14-5-7-15(8-6-14)22-20-21-12-11-19(24-20)23-17-10-9-16(25-2)13-18(17)26-3/h5-13H,4H2,1-3H3,(H2,21,22,23,24). The summed E-state index contributed by atoms with van der Waals surface area (Å²) in [7, 11) is 3.24. The van der Waals surface area contributed by atoms with Crippen molar-refractivity contribution >= 4 is 23.1 Å². The average molecular weight is 350 g/mol. The van der Waals surface area contributed by atoms with Crippen molar-refractivity contribution in [2.75, 3.05) is 24.9 Å². The molecule has 0 radical (unpaired) electrons. The highest BCUT2D eigenvalue weighted by molar-refractivity contribution is 5.66. The van der Waals surface area contributed by atoms with Crippen LogP contribution in [0.25, 0.3) is 0 Å². The summed E-state index contributed by atoms with van der Waals surface area (Å²) in [6, 6.07) is 15.6. The highest BCUT2D eigenvalue weighted by atomic mass is 16.5. The van der Waals surface area contributed by atoms with Gasteiger partial charge in [0.25, 0.3) is 0 Å². The summed E-state index contributed by atoms with van der Waals surface area (Å²) < 4.78 is 10.6. The third kappa shape index (κ3) is 4.22. The average Bonchev–Trinajstić information content (AvgIpc) is 2.69. The lowest BCUT2D eigenvalue weighted by atomic mass is 10.1. The van der Waals surface area contributed by atoms with E-state index < -0.39 is 0 Å². The molecule has 1 heterocycles. The number of anilines is 4. The maximum Gasteiger partial charge on any atom is 0.229 e. The topological polar surface area (TPSA) is 68.3 Å². The Labute approximate surface area is 153 Å². The van der Waals surface area contributed by atoms with Crippen molar-refractivity contribution in [1.82, 2.24) is 9.97 Å². The molecule has 0 unspecified atom stereocenters. The number of nitrogens with zero attached hydrogens (tertiary/aromatic N) is 2. The van der Waals surface area contributed by atoms with Crippen molar-refractivity contribution in [3.8, 4) is 11.5 Å². The molecular weight excluding hydrogens is 328 g/mol. The first-order valence-electron chi connectivity index (χ1n) is 8.40. The van der Waals surface area contributed by atoms with E-state index >= 15 is 0 Å². The second-order valence-electron chi connectivity index (χ2n) is 5.63. The van der Waals surface area contributed by atoms with E-state index in [4.69, 9.17) is 9.47 Å². The summed E-state index contributed by atoms with van der Waals surface area (Å²) in [4.78, 5) is 8.78. The Hall–Kier alpha value is -3.28. The molecule has 3 rings (SSSR count). The van der Waals surface area contributed by atoms with E-state index in [9.17, 15) is 0 Å². The van der Waals surface area contributed by atoms with Crippen LogP contribution in [0.5, 0.6) is 11.5 Å². The minimum Gasteiger partial charge on any atom is -0.497 e. The van der Waals surface area contributed by atoms with Gasteiger partial charge in [-0.15, -0.1) is 0 Å². The monoisotopic (exact) mass is 350 g/mol. The number of methoxy groups -OCH3 is 2. The first-order chi connectivity index (χ1) is 12.7. The molecule has 1 aromatic heterocycles. The second-order valence-corrected chi connectivity index (χ2v) is 5.63. The van der Waals surface area contributed by atoms with Gasteiger partial charge < -0.3 is 20.1 Å². The fraction of sp³-hybridized carbons (Fsp3) is 0.200. The van der Waals surface area contributed by atoms with Gasteiger partial charge in [0.15, 0.2) is 0 Å². The molecule has 0 bridgehead atoms. The van der Waals surface area contributed by atoms with Crippen LogP contribution in [0.15, 0.2) is 54.7 Å². The molecule has 2 aromatic carbocycles. The maximum absolute atomic E-state index is 5.41. The quantitative estimate of drug-likeness (QED) is 0.652. The number of aryl methyl sites for hydroxylation is 1. The number of hydrogen-bond acceptors (Lipinski definition) is 6. The Morgan fingerprint density at radius 1 is 0.923 bits per heavy atom. The molecule has 0 spiro atoms. The van der Waals surface area contributed by atoms with Crippen molar-refractivity contribution in [1.29, 1.82) is 0 Å². The smallest absolute Gasteiger partial charge is 0.229 e. The fourth-order valence-corrected chi connectivity index (χ4v) is 2.48. The number of rotatable bonds is 7. The lowest BCUT2D eigenvalue weighted by Crippen LogP contribution is -2.01. The van der Waals surface area contributed by atoms with E-state index in [0.717, 1.165) is 23.5 Å². The Bertz CT molecular complexity index is 866. The molecule has 6 nitrogen and oxygen atoms in total. The second kappa shape index (κ2) is 8.20. The Balaban J connectivity index is 1.76. The van der Waals surface area contributed by atoms with Gasteiger partial charge in [0.2, 0.25) is 5.95 Å². The van der Waals surface area contributed by atoms with Crippen LogP contribution < -0.4 is 20.1 Å². The number of benzene rings is 2. The van der Waals surface area contributed by atoms with E-state index in [1.54, 1.807) is 26.5 Å². The zero-order chi connectivity index (χ0) is 18.4. The normalized spacial score (nSPS) is 10.3. The number of aromatic nitrogens is 2. The molecule has 2 N–H and O–H groups in total. The molecule has 0 fully saturated rings. The fourth-order valence-electron chi connectivity index (χ4n) is 2.48. The van der Waals surface area contributed by atoms with Crippen LogP contribution in [-0.2, 0) is 6.42 Å². The van der Waals surface area contributed by atoms with Gasteiger partial charge in [-0.2, -0.15) is 4.98 Å². The Morgan fingerprint density at radius 3 is 2.42 bits per heavy atom. The molecule has 0 atom stereocenters. The molecule has 0 saturated carbocycles. The number of ether oxygens (including phenoxy) is 2. The summed E-state index contributed by atoms with van der Waals surface area (Å²) >= 11 is 0. The molecular formula is C20H22N4O2. The molecule has 134 valence electrons. The maximum atomic E-state index is 5.41. The van der Waals surface area contributed by atoms with Gasteiger partial charge in [0, 0.05) is 18.0 Å². The van der Waals surface area contributed by atoms with Crippen molar-refractivity contribution < 1.29 is 9.47 Å². The van der Waals surface area contributed by atoms with E-state index in [2.05, 4.69) is 39.7 Å². The zero-order valence-corrected chi connectivity index (χ0v) is 15.1. The molecule has 6 heteroatoms. The summed E-state index contributed by atoms with van der Waals surface area (Å²) in [5, 5.41) is 6.46. The van der Waals surface area contributed by atoms with E-state index in [1.807, 2.05) is 30.3 Å². The first-order valence-corrected chi connectivity index (χ1v) is 8.40. The van der Waals surface area contributed by atoms with Crippen LogP contribution >= 0.6 is 0 Å². The molecule has 26 heavy (non-hydrogen) atoms. The minimum atomic E-state index is 0.520. The third-order valence-electron chi connectivity index (χ3n) is 3.95. The Morgan fingerprint density at radius 2 is 1.73 bits per heavy atom. The van der Waals surface area contributed by atoms with Gasteiger partial charge in [-0.25, -0.2) is 4.98 Å². The summed E-state index contributed by atoms with van der Waals surface area (Å²) in [6.45, 7) is 2.13. The van der Waals surface area contributed by atoms with Gasteiger partial charge in [0.1, 0.15) is 17.3 Å².